The Morgan fingerprint density at radius 1 is 1.41 bits per heavy atom. The largest absolute Gasteiger partial charge is 0.416 e. The fraction of sp³-hybridized carbons (Fsp3) is 0.143. The zero-order valence-corrected chi connectivity index (χ0v) is 11.0. The van der Waals surface area contributed by atoms with Crippen LogP contribution >= 0.6 is 25.1 Å². The van der Waals surface area contributed by atoms with E-state index in [1.54, 1.807) is 0 Å². The van der Waals surface area contributed by atoms with Crippen molar-refractivity contribution in [2.24, 2.45) is 0 Å². The fourth-order valence-electron chi connectivity index (χ4n) is 1.05. The summed E-state index contributed by atoms with van der Waals surface area (Å²) in [6, 6.07) is 4.78. The molecule has 1 aromatic heterocycles. The Labute approximate surface area is 98.6 Å². The van der Waals surface area contributed by atoms with Gasteiger partial charge in [0, 0.05) is 8.51 Å². The summed E-state index contributed by atoms with van der Waals surface area (Å²) in [6.07, 6.45) is -4.36. The quantitative estimate of drug-likeness (QED) is 0.867. The average molecular weight is 299 g/mol. The van der Waals surface area contributed by atoms with Gasteiger partial charge in [0.2, 0.25) is 0 Å². The van der Waals surface area contributed by atoms with Gasteiger partial charge in [-0.1, -0.05) is 6.07 Å². The predicted octanol–water partition coefficient (Wildman–Crippen LogP) is 4.32. The smallest absolute Gasteiger partial charge is 0.416 e. The van der Waals surface area contributed by atoms with Crippen molar-refractivity contribution in [1.82, 2.24) is 13.5 Å². The van der Waals surface area contributed by atoms with Crippen molar-refractivity contribution in [2.45, 2.75) is 6.18 Å². The summed E-state index contributed by atoms with van der Waals surface area (Å²) in [6.45, 7) is 0. The molecule has 92 valence electrons. The van der Waals surface area contributed by atoms with Crippen LogP contribution in [0, 0.1) is 0 Å². The third kappa shape index (κ3) is 3.53. The highest BCUT2D eigenvalue weighted by molar-refractivity contribution is 7.50. The standard InChI is InChI=1S/C7H7F3N3OP3/c8-7(9,10)5-2-1-3-6(4-5)14-17-12-15-11-16-13-17/h1-4,12,15H,(H,11,13). The summed E-state index contributed by atoms with van der Waals surface area (Å²) < 4.78 is 52.6. The molecule has 0 aliphatic carbocycles. The molecule has 0 radical (unpaired) electrons. The normalized spacial score (nSPS) is 13.2. The maximum Gasteiger partial charge on any atom is 0.416 e. The van der Waals surface area contributed by atoms with Gasteiger partial charge < -0.3 is 9.03 Å². The number of alkyl halides is 3. The van der Waals surface area contributed by atoms with Gasteiger partial charge in [0.15, 0.2) is 0 Å². The first-order chi connectivity index (χ1) is 8.05. The van der Waals surface area contributed by atoms with Gasteiger partial charge in [-0.05, 0) is 18.2 Å². The second-order valence-corrected chi connectivity index (χ2v) is 6.61. The highest BCUT2D eigenvalue weighted by atomic mass is 31.2. The van der Waals surface area contributed by atoms with Crippen LogP contribution in [0.1, 0.15) is 5.56 Å². The molecule has 2 N–H and O–H groups in total. The number of hydrogen-bond acceptors (Lipinski definition) is 2. The molecule has 10 heteroatoms. The van der Waals surface area contributed by atoms with E-state index in [-0.39, 0.29) is 5.75 Å². The van der Waals surface area contributed by atoms with Crippen molar-refractivity contribution in [3.8, 4) is 5.75 Å². The molecule has 0 saturated heterocycles. The zero-order valence-electron chi connectivity index (χ0n) is 8.19. The van der Waals surface area contributed by atoms with Gasteiger partial charge in [0.1, 0.15) is 14.3 Å². The Morgan fingerprint density at radius 3 is 2.88 bits per heavy atom. The van der Waals surface area contributed by atoms with Crippen molar-refractivity contribution < 1.29 is 17.7 Å². The zero-order chi connectivity index (χ0) is 12.3. The SMILES string of the molecule is FC(F)(F)c1cccc(Op2np[nH][pH][nH]2)c1. The number of hydrogen-bond donors (Lipinski definition) is 2. The molecule has 0 spiro atoms. The van der Waals surface area contributed by atoms with E-state index in [0.29, 0.717) is 17.0 Å². The van der Waals surface area contributed by atoms with E-state index in [1.807, 2.05) is 0 Å². The molecule has 0 aliphatic heterocycles. The summed E-state index contributed by atoms with van der Waals surface area (Å²) >= 11 is 0. The number of benzene rings is 1. The van der Waals surface area contributed by atoms with Gasteiger partial charge in [0.05, 0.1) is 5.56 Å². The number of rotatable bonds is 2. The summed E-state index contributed by atoms with van der Waals surface area (Å²) in [5.74, 6) is 0.170. The Bertz CT molecular complexity index is 510. The molecule has 1 aromatic carbocycles. The molecule has 0 amide bonds. The first-order valence-corrected chi connectivity index (χ1v) is 7.43. The van der Waals surface area contributed by atoms with Gasteiger partial charge in [-0.3, -0.25) is 4.51 Å². The van der Waals surface area contributed by atoms with Gasteiger partial charge in [0.25, 0.3) is 8.08 Å². The predicted molar refractivity (Wildman–Crippen MR) is 62.8 cm³/mol. The van der Waals surface area contributed by atoms with Gasteiger partial charge in [-0.25, -0.2) is 0 Å². The van der Waals surface area contributed by atoms with E-state index in [0.717, 1.165) is 12.1 Å². The lowest BCUT2D eigenvalue weighted by Crippen LogP contribution is -2.04. The first-order valence-electron chi connectivity index (χ1n) is 4.37. The molecule has 17 heavy (non-hydrogen) atoms. The topological polar surface area (TPSA) is 53.7 Å². The van der Waals surface area contributed by atoms with Crippen molar-refractivity contribution in [2.75, 3.05) is 0 Å². The highest BCUT2D eigenvalue weighted by Gasteiger charge is 2.30. The summed E-state index contributed by atoms with van der Waals surface area (Å²) in [5, 5.41) is 0. The number of nitrogens with one attached hydrogen (secondary N) is 2. The average Bonchev–Trinajstić information content (AvgIpc) is 2.29. The van der Waals surface area contributed by atoms with Crippen LogP contribution in [0.5, 0.6) is 5.75 Å². The molecule has 2 unspecified atom stereocenters. The Morgan fingerprint density at radius 2 is 2.24 bits per heavy atom. The maximum atomic E-state index is 12.4. The number of aromatic amines is 2. The number of halogens is 3. The van der Waals surface area contributed by atoms with Crippen LogP contribution in [0.4, 0.5) is 13.2 Å². The molecule has 2 aromatic rings. The van der Waals surface area contributed by atoms with E-state index in [2.05, 4.69) is 13.5 Å². The first kappa shape index (κ1) is 12.6. The molecule has 1 heterocycles. The van der Waals surface area contributed by atoms with Gasteiger partial charge >= 0.3 is 6.18 Å². The number of aromatic nitrogens is 3. The second kappa shape index (κ2) is 5.18. The van der Waals surface area contributed by atoms with Gasteiger partial charge in [-0.15, -0.1) is 4.51 Å². The summed E-state index contributed by atoms with van der Waals surface area (Å²) in [5.41, 5.74) is -0.722. The summed E-state index contributed by atoms with van der Waals surface area (Å²) in [7, 11) is -0.273. The number of H-pyrrole nitrogens is 2. The lowest BCUT2D eigenvalue weighted by Gasteiger charge is -2.08. The number of nitrogens with zero attached hydrogens (tertiary/aromatic N) is 1. The van der Waals surface area contributed by atoms with Crippen LogP contribution < -0.4 is 4.52 Å². The van der Waals surface area contributed by atoms with E-state index in [1.165, 1.54) is 12.1 Å². The molecule has 4 nitrogen and oxygen atoms in total. The van der Waals surface area contributed by atoms with E-state index in [4.69, 9.17) is 4.52 Å². The molecular formula is C7H7F3N3OP3. The molecular weight excluding hydrogens is 292 g/mol. The van der Waals surface area contributed by atoms with Crippen molar-refractivity contribution >= 4 is 25.1 Å². The third-order valence-electron chi connectivity index (χ3n) is 1.74. The van der Waals surface area contributed by atoms with Crippen LogP contribution in [-0.2, 0) is 6.18 Å². The third-order valence-corrected chi connectivity index (χ3v) is 5.19. The van der Waals surface area contributed by atoms with Crippen molar-refractivity contribution in [3.63, 3.8) is 0 Å². The van der Waals surface area contributed by atoms with Crippen molar-refractivity contribution in [3.05, 3.63) is 29.8 Å². The highest BCUT2D eigenvalue weighted by Crippen LogP contribution is 2.33. The van der Waals surface area contributed by atoms with Gasteiger partial charge in [-0.2, -0.15) is 13.2 Å². The molecule has 2 rings (SSSR count). The molecule has 0 aliphatic rings. The minimum Gasteiger partial charge on any atom is -0.416 e. The molecule has 0 saturated carbocycles. The Balaban J connectivity index is 2.23. The monoisotopic (exact) mass is 299 g/mol. The van der Waals surface area contributed by atoms with E-state index in [9.17, 15) is 13.2 Å². The Kier molecular flexibility index (Phi) is 3.82. The minimum absolute atomic E-state index is 0.170. The van der Waals surface area contributed by atoms with Crippen LogP contribution in [0.25, 0.3) is 0 Å². The summed E-state index contributed by atoms with van der Waals surface area (Å²) in [4.78, 5) is 0. The fourth-order valence-corrected chi connectivity index (χ4v) is 4.42. The minimum atomic E-state index is -4.36. The van der Waals surface area contributed by atoms with Crippen molar-refractivity contribution in [1.29, 1.82) is 0 Å². The molecule has 0 fully saturated rings. The van der Waals surface area contributed by atoms with Crippen LogP contribution in [-0.4, -0.2) is 13.5 Å². The molecule has 2 atom stereocenters. The van der Waals surface area contributed by atoms with Crippen LogP contribution in [0.2, 0.25) is 0 Å². The Hall–Kier alpha value is -0.890. The van der Waals surface area contributed by atoms with E-state index < -0.39 is 19.8 Å². The second-order valence-electron chi connectivity index (χ2n) is 2.93. The lowest BCUT2D eigenvalue weighted by molar-refractivity contribution is -0.137. The van der Waals surface area contributed by atoms with E-state index >= 15 is 0 Å². The van der Waals surface area contributed by atoms with Crippen LogP contribution in [0.15, 0.2) is 24.3 Å². The maximum absolute atomic E-state index is 12.4. The van der Waals surface area contributed by atoms with Crippen LogP contribution in [0.3, 0.4) is 0 Å². The lowest BCUT2D eigenvalue weighted by atomic mass is 10.2. The molecule has 0 bridgehead atoms.